The number of thiophene rings is 1. The maximum atomic E-state index is 5.31. The Labute approximate surface area is 137 Å². The fourth-order valence-electron chi connectivity index (χ4n) is 2.04. The minimum atomic E-state index is 0.446. The molecular formula is C15H18N6OS. The Bertz CT molecular complexity index is 822. The minimum Gasteiger partial charge on any atom is -0.443 e. The molecule has 0 saturated carbocycles. The van der Waals surface area contributed by atoms with Gasteiger partial charge in [-0.1, -0.05) is 13.8 Å². The molecule has 2 N–H and O–H groups in total. The van der Waals surface area contributed by atoms with Crippen molar-refractivity contribution in [3.63, 3.8) is 0 Å². The third-order valence-electron chi connectivity index (χ3n) is 3.19. The Kier molecular flexibility index (Phi) is 4.63. The number of nitrogens with zero attached hydrogens (tertiary/aromatic N) is 4. The van der Waals surface area contributed by atoms with Crippen LogP contribution in [-0.4, -0.2) is 28.2 Å². The highest BCUT2D eigenvalue weighted by molar-refractivity contribution is 7.18. The number of hydrogen-bond acceptors (Lipinski definition) is 8. The lowest BCUT2D eigenvalue weighted by atomic mass is 10.2. The molecule has 0 aliphatic rings. The van der Waals surface area contributed by atoms with Crippen LogP contribution in [0.2, 0.25) is 0 Å². The number of nitrogens with one attached hydrogen (secondary N) is 2. The molecule has 3 heterocycles. The molecule has 8 heteroatoms. The molecule has 0 fully saturated rings. The fraction of sp³-hybridized carbons (Fsp3) is 0.333. The Hall–Kier alpha value is -2.32. The summed E-state index contributed by atoms with van der Waals surface area (Å²) in [6.45, 7) is 4.98. The third kappa shape index (κ3) is 3.54. The van der Waals surface area contributed by atoms with Gasteiger partial charge in [-0.15, -0.1) is 11.3 Å². The van der Waals surface area contributed by atoms with Crippen LogP contribution in [0, 0.1) is 0 Å². The number of fused-ring (bicyclic) bond motifs is 1. The van der Waals surface area contributed by atoms with Crippen molar-refractivity contribution < 1.29 is 4.42 Å². The highest BCUT2D eigenvalue weighted by Crippen LogP contribution is 2.32. The van der Waals surface area contributed by atoms with Gasteiger partial charge in [0, 0.05) is 11.4 Å². The van der Waals surface area contributed by atoms with Crippen molar-refractivity contribution >= 4 is 33.6 Å². The van der Waals surface area contributed by atoms with Crippen LogP contribution in [0.1, 0.15) is 36.2 Å². The van der Waals surface area contributed by atoms with Crippen LogP contribution in [-0.2, 0) is 6.54 Å². The zero-order chi connectivity index (χ0) is 16.2. The van der Waals surface area contributed by atoms with E-state index in [2.05, 4.69) is 50.7 Å². The summed E-state index contributed by atoms with van der Waals surface area (Å²) in [4.78, 5) is 15.1. The van der Waals surface area contributed by atoms with E-state index in [1.807, 2.05) is 7.05 Å². The number of oxazole rings is 1. The molecule has 0 unspecified atom stereocenters. The van der Waals surface area contributed by atoms with Crippen LogP contribution in [0.15, 0.2) is 28.2 Å². The smallest absolute Gasteiger partial charge is 0.239 e. The summed E-state index contributed by atoms with van der Waals surface area (Å²) in [5, 5.41) is 8.14. The Morgan fingerprint density at radius 3 is 3.04 bits per heavy atom. The molecular weight excluding hydrogens is 312 g/mol. The van der Waals surface area contributed by atoms with Gasteiger partial charge in [-0.05, 0) is 19.0 Å². The molecule has 0 spiro atoms. The lowest BCUT2D eigenvalue weighted by Gasteiger charge is -1.99. The molecule has 0 amide bonds. The number of hydrazone groups is 1. The predicted octanol–water partition coefficient (Wildman–Crippen LogP) is 2.97. The first-order valence-electron chi connectivity index (χ1n) is 7.30. The Morgan fingerprint density at radius 2 is 2.26 bits per heavy atom. The SMILES string of the molecule is CNCc1coc(C=NNc2ncnc3sc(C(C)C)cc23)n1. The molecule has 3 aromatic heterocycles. The quantitative estimate of drug-likeness (QED) is 0.533. The van der Waals surface area contributed by atoms with E-state index in [4.69, 9.17) is 4.42 Å². The molecule has 7 nitrogen and oxygen atoms in total. The molecule has 0 radical (unpaired) electrons. The van der Waals surface area contributed by atoms with E-state index >= 15 is 0 Å². The molecule has 0 aliphatic heterocycles. The van der Waals surface area contributed by atoms with Crippen LogP contribution in [0.3, 0.4) is 0 Å². The van der Waals surface area contributed by atoms with Gasteiger partial charge >= 0.3 is 0 Å². The number of hydrogen-bond donors (Lipinski definition) is 2. The highest BCUT2D eigenvalue weighted by atomic mass is 32.1. The highest BCUT2D eigenvalue weighted by Gasteiger charge is 2.10. The van der Waals surface area contributed by atoms with Crippen molar-refractivity contribution in [2.24, 2.45) is 5.10 Å². The molecule has 0 saturated heterocycles. The average Bonchev–Trinajstić information content (AvgIpc) is 3.15. The normalized spacial score (nSPS) is 11.8. The summed E-state index contributed by atoms with van der Waals surface area (Å²) in [5.41, 5.74) is 3.77. The zero-order valence-electron chi connectivity index (χ0n) is 13.2. The molecule has 23 heavy (non-hydrogen) atoms. The molecule has 120 valence electrons. The molecule has 0 aromatic carbocycles. The van der Waals surface area contributed by atoms with Gasteiger partial charge in [-0.2, -0.15) is 5.10 Å². The largest absolute Gasteiger partial charge is 0.443 e. The van der Waals surface area contributed by atoms with E-state index in [9.17, 15) is 0 Å². The second-order valence-electron chi connectivity index (χ2n) is 5.32. The summed E-state index contributed by atoms with van der Waals surface area (Å²) in [6, 6.07) is 2.11. The molecule has 0 aliphatic carbocycles. The van der Waals surface area contributed by atoms with Crippen molar-refractivity contribution in [3.8, 4) is 0 Å². The lowest BCUT2D eigenvalue weighted by molar-refractivity contribution is 0.548. The monoisotopic (exact) mass is 330 g/mol. The van der Waals surface area contributed by atoms with Gasteiger partial charge in [0.05, 0.1) is 11.1 Å². The lowest BCUT2D eigenvalue weighted by Crippen LogP contribution is -2.05. The maximum absolute atomic E-state index is 5.31. The standard InChI is InChI=1S/C15H18N6OS/c1-9(2)12-4-11-14(17-8-18-15(11)23-12)21-19-6-13-20-10(5-16-3)7-22-13/h4,6-9,16H,5H2,1-3H3,(H,17,18,21). The molecule has 3 aromatic rings. The first-order chi connectivity index (χ1) is 11.2. The van der Waals surface area contributed by atoms with Gasteiger partial charge in [0.15, 0.2) is 5.82 Å². The van der Waals surface area contributed by atoms with Gasteiger partial charge in [-0.25, -0.2) is 15.0 Å². The van der Waals surface area contributed by atoms with Crippen LogP contribution in [0.5, 0.6) is 0 Å². The summed E-state index contributed by atoms with van der Waals surface area (Å²) in [6.07, 6.45) is 4.67. The van der Waals surface area contributed by atoms with Gasteiger partial charge < -0.3 is 9.73 Å². The van der Waals surface area contributed by atoms with Gasteiger partial charge in [0.1, 0.15) is 23.6 Å². The second-order valence-corrected chi connectivity index (χ2v) is 6.38. The van der Waals surface area contributed by atoms with Crippen molar-refractivity contribution in [2.75, 3.05) is 12.5 Å². The van der Waals surface area contributed by atoms with Gasteiger partial charge in [-0.3, -0.25) is 5.43 Å². The van der Waals surface area contributed by atoms with Crippen molar-refractivity contribution in [1.29, 1.82) is 0 Å². The number of aromatic nitrogens is 3. The van der Waals surface area contributed by atoms with E-state index in [0.717, 1.165) is 15.9 Å². The van der Waals surface area contributed by atoms with E-state index in [1.165, 1.54) is 17.4 Å². The summed E-state index contributed by atoms with van der Waals surface area (Å²) in [7, 11) is 1.86. The molecule has 0 atom stereocenters. The first-order valence-corrected chi connectivity index (χ1v) is 8.11. The summed E-state index contributed by atoms with van der Waals surface area (Å²) >= 11 is 1.68. The van der Waals surface area contributed by atoms with Crippen molar-refractivity contribution in [3.05, 3.63) is 35.1 Å². The zero-order valence-corrected chi connectivity index (χ0v) is 14.0. The summed E-state index contributed by atoms with van der Waals surface area (Å²) < 4.78 is 5.31. The van der Waals surface area contributed by atoms with Crippen LogP contribution in [0.4, 0.5) is 5.82 Å². The minimum absolute atomic E-state index is 0.446. The number of anilines is 1. The van der Waals surface area contributed by atoms with E-state index in [0.29, 0.717) is 24.2 Å². The molecule has 3 rings (SSSR count). The second kappa shape index (κ2) is 6.84. The van der Waals surface area contributed by atoms with E-state index in [-0.39, 0.29) is 0 Å². The van der Waals surface area contributed by atoms with Crippen LogP contribution in [0.25, 0.3) is 10.2 Å². The topological polar surface area (TPSA) is 88.2 Å². The molecule has 0 bridgehead atoms. The Morgan fingerprint density at radius 1 is 1.39 bits per heavy atom. The van der Waals surface area contributed by atoms with Crippen LogP contribution >= 0.6 is 11.3 Å². The first kappa shape index (κ1) is 15.6. The average molecular weight is 330 g/mol. The van der Waals surface area contributed by atoms with Crippen LogP contribution < -0.4 is 10.7 Å². The van der Waals surface area contributed by atoms with Gasteiger partial charge in [0.2, 0.25) is 5.89 Å². The summed E-state index contributed by atoms with van der Waals surface area (Å²) in [5.74, 6) is 1.58. The van der Waals surface area contributed by atoms with Gasteiger partial charge in [0.25, 0.3) is 0 Å². The van der Waals surface area contributed by atoms with Crippen molar-refractivity contribution in [1.82, 2.24) is 20.3 Å². The predicted molar refractivity (Wildman–Crippen MR) is 92.0 cm³/mol. The number of rotatable bonds is 6. The Balaban J connectivity index is 1.76. The third-order valence-corrected chi connectivity index (χ3v) is 4.53. The maximum Gasteiger partial charge on any atom is 0.239 e. The van der Waals surface area contributed by atoms with E-state index in [1.54, 1.807) is 17.6 Å². The van der Waals surface area contributed by atoms with Crippen molar-refractivity contribution in [2.45, 2.75) is 26.3 Å². The fourth-order valence-corrected chi connectivity index (χ4v) is 3.04. The van der Waals surface area contributed by atoms with E-state index < -0.39 is 0 Å².